The van der Waals surface area contributed by atoms with Gasteiger partial charge in [-0.1, -0.05) is 79.7 Å². The lowest BCUT2D eigenvalue weighted by Crippen LogP contribution is -2.46. The molecule has 4 atom stereocenters. The second-order valence-corrected chi connectivity index (χ2v) is 11.8. The number of rotatable bonds is 10. The van der Waals surface area contributed by atoms with E-state index in [2.05, 4.69) is 117 Å². The molecule has 0 saturated heterocycles. The highest BCUT2D eigenvalue weighted by molar-refractivity contribution is 5.24. The molecule has 1 aromatic rings. The maximum Gasteiger partial charge on any atom is 0.0239 e. The van der Waals surface area contributed by atoms with E-state index in [0.29, 0.717) is 24.2 Å². The molecule has 2 nitrogen and oxygen atoms in total. The van der Waals surface area contributed by atoms with E-state index >= 15 is 0 Å². The second-order valence-electron chi connectivity index (χ2n) is 11.8. The molecule has 0 saturated carbocycles. The molecule has 0 amide bonds. The van der Waals surface area contributed by atoms with Crippen LogP contribution in [-0.2, 0) is 13.1 Å². The lowest BCUT2D eigenvalue weighted by molar-refractivity contribution is 0.0651. The first-order valence-corrected chi connectivity index (χ1v) is 12.3. The van der Waals surface area contributed by atoms with Crippen molar-refractivity contribution < 1.29 is 0 Å². The molecule has 174 valence electrons. The highest BCUT2D eigenvalue weighted by Crippen LogP contribution is 2.30. The van der Waals surface area contributed by atoms with Crippen molar-refractivity contribution >= 4 is 0 Å². The first kappa shape index (κ1) is 27.2. The lowest BCUT2D eigenvalue weighted by Gasteiger charge is -2.42. The molecule has 0 heterocycles. The van der Waals surface area contributed by atoms with Crippen molar-refractivity contribution in [1.82, 2.24) is 9.80 Å². The standard InChI is InChI=1S/C28H52N2/c1-13-21(3)29(23(5)27(7,8)9)19-25-16-15-17-26(18-25)20-30(22(4)14-2)24(6)28(10,11)12/h15-18,21-24H,13-14,19-20H2,1-12H3. The molecule has 0 radical (unpaired) electrons. The number of hydrogen-bond acceptors (Lipinski definition) is 2. The Morgan fingerprint density at radius 1 is 0.667 bits per heavy atom. The van der Waals surface area contributed by atoms with Crippen LogP contribution in [0.5, 0.6) is 0 Å². The third-order valence-corrected chi connectivity index (χ3v) is 7.54. The summed E-state index contributed by atoms with van der Waals surface area (Å²) in [4.78, 5) is 5.40. The van der Waals surface area contributed by atoms with Crippen LogP contribution in [0.4, 0.5) is 0 Å². The monoisotopic (exact) mass is 416 g/mol. The SMILES string of the molecule is CCC(C)N(Cc1cccc(CN(C(C)CC)C(C)C(C)(C)C)c1)C(C)C(C)(C)C. The third kappa shape index (κ3) is 7.68. The fourth-order valence-electron chi connectivity index (χ4n) is 4.06. The molecule has 0 spiro atoms. The molecule has 1 rings (SSSR count). The van der Waals surface area contributed by atoms with E-state index in [1.807, 2.05) is 0 Å². The van der Waals surface area contributed by atoms with Gasteiger partial charge in [0.2, 0.25) is 0 Å². The van der Waals surface area contributed by atoms with Gasteiger partial charge in [-0.15, -0.1) is 0 Å². The average molecular weight is 417 g/mol. The van der Waals surface area contributed by atoms with Crippen molar-refractivity contribution in [2.75, 3.05) is 0 Å². The molecule has 0 aliphatic rings. The van der Waals surface area contributed by atoms with Crippen LogP contribution in [0.1, 0.15) is 107 Å². The summed E-state index contributed by atoms with van der Waals surface area (Å²) in [7, 11) is 0. The van der Waals surface area contributed by atoms with Gasteiger partial charge in [-0.25, -0.2) is 0 Å². The highest BCUT2D eigenvalue weighted by Gasteiger charge is 2.30. The Hall–Kier alpha value is -0.860. The minimum atomic E-state index is 0.274. The topological polar surface area (TPSA) is 6.48 Å². The molecule has 4 unspecified atom stereocenters. The molecule has 0 N–H and O–H groups in total. The van der Waals surface area contributed by atoms with Gasteiger partial charge < -0.3 is 0 Å². The van der Waals surface area contributed by atoms with Crippen LogP contribution >= 0.6 is 0 Å². The normalized spacial score (nSPS) is 17.3. The van der Waals surface area contributed by atoms with Gasteiger partial charge in [0.15, 0.2) is 0 Å². The highest BCUT2D eigenvalue weighted by atomic mass is 15.2. The molecule has 1 aromatic carbocycles. The minimum absolute atomic E-state index is 0.274. The van der Waals surface area contributed by atoms with Crippen LogP contribution in [0.2, 0.25) is 0 Å². The number of nitrogens with zero attached hydrogens (tertiary/aromatic N) is 2. The van der Waals surface area contributed by atoms with E-state index in [-0.39, 0.29) is 10.8 Å². The Balaban J connectivity index is 3.12. The average Bonchev–Trinajstić information content (AvgIpc) is 2.66. The molecular weight excluding hydrogens is 364 g/mol. The quantitative estimate of drug-likeness (QED) is 0.384. The Morgan fingerprint density at radius 3 is 1.27 bits per heavy atom. The molecule has 2 heteroatoms. The van der Waals surface area contributed by atoms with E-state index in [4.69, 9.17) is 0 Å². The Bertz CT molecular complexity index is 571. The summed E-state index contributed by atoms with van der Waals surface area (Å²) in [5, 5.41) is 0. The molecule has 0 aromatic heterocycles. The van der Waals surface area contributed by atoms with Gasteiger partial charge in [0.05, 0.1) is 0 Å². The van der Waals surface area contributed by atoms with Crippen LogP contribution < -0.4 is 0 Å². The maximum atomic E-state index is 2.70. The summed E-state index contributed by atoms with van der Waals surface area (Å²) in [5.41, 5.74) is 3.43. The van der Waals surface area contributed by atoms with Crippen LogP contribution in [0.3, 0.4) is 0 Å². The van der Waals surface area contributed by atoms with Crippen molar-refractivity contribution in [3.63, 3.8) is 0 Å². The molecule has 30 heavy (non-hydrogen) atoms. The minimum Gasteiger partial charge on any atom is -0.293 e. The summed E-state index contributed by atoms with van der Waals surface area (Å²) in [6, 6.07) is 11.6. The van der Waals surface area contributed by atoms with Gasteiger partial charge in [-0.2, -0.15) is 0 Å². The zero-order valence-corrected chi connectivity index (χ0v) is 22.3. The van der Waals surface area contributed by atoms with Crippen molar-refractivity contribution in [1.29, 1.82) is 0 Å². The van der Waals surface area contributed by atoms with Gasteiger partial charge in [-0.3, -0.25) is 9.80 Å². The van der Waals surface area contributed by atoms with Crippen LogP contribution in [0.25, 0.3) is 0 Å². The molecule has 0 bridgehead atoms. The number of benzene rings is 1. The van der Waals surface area contributed by atoms with Crippen LogP contribution in [0.15, 0.2) is 24.3 Å². The molecule has 0 fully saturated rings. The summed E-state index contributed by atoms with van der Waals surface area (Å²) in [6.45, 7) is 30.4. The van der Waals surface area contributed by atoms with Crippen molar-refractivity contribution in [2.45, 2.75) is 133 Å². The molecule has 0 aliphatic heterocycles. The summed E-state index contributed by atoms with van der Waals surface area (Å²) >= 11 is 0. The molecular formula is C28H52N2. The lowest BCUT2D eigenvalue weighted by atomic mass is 9.85. The first-order chi connectivity index (χ1) is 13.7. The van der Waals surface area contributed by atoms with E-state index in [9.17, 15) is 0 Å². The predicted octanol–water partition coefficient (Wildman–Crippen LogP) is 7.76. The maximum absolute atomic E-state index is 2.70. The van der Waals surface area contributed by atoms with Gasteiger partial charge in [0.1, 0.15) is 0 Å². The summed E-state index contributed by atoms with van der Waals surface area (Å²) in [5.74, 6) is 0. The van der Waals surface area contributed by atoms with Crippen LogP contribution in [0, 0.1) is 10.8 Å². The fraction of sp³-hybridized carbons (Fsp3) is 0.786. The summed E-state index contributed by atoms with van der Waals surface area (Å²) in [6.07, 6.45) is 2.37. The zero-order valence-electron chi connectivity index (χ0n) is 22.3. The second kappa shape index (κ2) is 11.1. The summed E-state index contributed by atoms with van der Waals surface area (Å²) < 4.78 is 0. The van der Waals surface area contributed by atoms with Gasteiger partial charge in [0.25, 0.3) is 0 Å². The van der Waals surface area contributed by atoms with Gasteiger partial charge in [0, 0.05) is 37.3 Å². The van der Waals surface area contributed by atoms with Crippen LogP contribution in [-0.4, -0.2) is 34.0 Å². The predicted molar refractivity (Wildman–Crippen MR) is 135 cm³/mol. The largest absolute Gasteiger partial charge is 0.293 e. The van der Waals surface area contributed by atoms with E-state index in [1.54, 1.807) is 0 Å². The first-order valence-electron chi connectivity index (χ1n) is 12.3. The number of hydrogen-bond donors (Lipinski definition) is 0. The van der Waals surface area contributed by atoms with Crippen molar-refractivity contribution in [2.24, 2.45) is 10.8 Å². The van der Waals surface area contributed by atoms with E-state index in [0.717, 1.165) is 13.1 Å². The van der Waals surface area contributed by atoms with E-state index < -0.39 is 0 Å². The third-order valence-electron chi connectivity index (χ3n) is 7.54. The van der Waals surface area contributed by atoms with Gasteiger partial charge >= 0.3 is 0 Å². The van der Waals surface area contributed by atoms with Gasteiger partial charge in [-0.05, 0) is 62.5 Å². The Morgan fingerprint density at radius 2 is 1.00 bits per heavy atom. The smallest absolute Gasteiger partial charge is 0.0239 e. The zero-order chi connectivity index (χ0) is 23.3. The van der Waals surface area contributed by atoms with Crippen molar-refractivity contribution in [3.8, 4) is 0 Å². The van der Waals surface area contributed by atoms with Crippen molar-refractivity contribution in [3.05, 3.63) is 35.4 Å². The van der Waals surface area contributed by atoms with E-state index in [1.165, 1.54) is 24.0 Å². The Kier molecular flexibility index (Phi) is 10.1. The molecule has 0 aliphatic carbocycles. The fourth-order valence-corrected chi connectivity index (χ4v) is 4.06. The Labute approximate surface area is 189 Å².